The van der Waals surface area contributed by atoms with Crippen molar-refractivity contribution in [3.8, 4) is 0 Å². The molecule has 0 bridgehead atoms. The Balaban J connectivity index is 2.74. The van der Waals surface area contributed by atoms with Crippen molar-refractivity contribution in [3.05, 3.63) is 0 Å². The summed E-state index contributed by atoms with van der Waals surface area (Å²) in [6.45, 7) is 7.91. The predicted molar refractivity (Wildman–Crippen MR) is 70.1 cm³/mol. The lowest BCUT2D eigenvalue weighted by Crippen LogP contribution is -2.60. The standard InChI is InChI=1S/C11H25N3O2S/c1-4-7-13-17(15,16)14-9-10(5-2)12-8-11(14)6-3/h10-13H,4-9H2,1-3H3. The van der Waals surface area contributed by atoms with Crippen LogP contribution in [0.5, 0.6) is 0 Å². The maximum Gasteiger partial charge on any atom is 0.279 e. The topological polar surface area (TPSA) is 61.4 Å². The highest BCUT2D eigenvalue weighted by Crippen LogP contribution is 2.15. The molecule has 0 aromatic heterocycles. The minimum absolute atomic E-state index is 0.0761. The lowest BCUT2D eigenvalue weighted by atomic mass is 10.1. The summed E-state index contributed by atoms with van der Waals surface area (Å²) in [4.78, 5) is 0. The van der Waals surface area contributed by atoms with Crippen LogP contribution in [-0.4, -0.2) is 44.4 Å². The van der Waals surface area contributed by atoms with Gasteiger partial charge in [-0.05, 0) is 19.3 Å². The van der Waals surface area contributed by atoms with Crippen molar-refractivity contribution < 1.29 is 8.42 Å². The summed E-state index contributed by atoms with van der Waals surface area (Å²) >= 11 is 0. The van der Waals surface area contributed by atoms with Gasteiger partial charge in [0.15, 0.2) is 0 Å². The molecular formula is C11H25N3O2S. The zero-order chi connectivity index (χ0) is 12.9. The van der Waals surface area contributed by atoms with Gasteiger partial charge in [-0.1, -0.05) is 20.8 Å². The zero-order valence-electron chi connectivity index (χ0n) is 11.1. The summed E-state index contributed by atoms with van der Waals surface area (Å²) in [6.07, 6.45) is 2.62. The minimum atomic E-state index is -3.31. The van der Waals surface area contributed by atoms with E-state index in [1.807, 2.05) is 13.8 Å². The minimum Gasteiger partial charge on any atom is -0.311 e. The van der Waals surface area contributed by atoms with E-state index in [4.69, 9.17) is 0 Å². The molecule has 1 fully saturated rings. The fraction of sp³-hybridized carbons (Fsp3) is 1.00. The Kier molecular flexibility index (Phi) is 5.85. The molecule has 1 aliphatic heterocycles. The van der Waals surface area contributed by atoms with Gasteiger partial charge in [0, 0.05) is 31.7 Å². The van der Waals surface area contributed by atoms with Crippen LogP contribution in [0, 0.1) is 0 Å². The second-order valence-electron chi connectivity index (χ2n) is 4.54. The van der Waals surface area contributed by atoms with Gasteiger partial charge in [-0.2, -0.15) is 12.7 Å². The van der Waals surface area contributed by atoms with Gasteiger partial charge in [-0.3, -0.25) is 0 Å². The third-order valence-electron chi connectivity index (χ3n) is 3.26. The van der Waals surface area contributed by atoms with Crippen LogP contribution in [0.4, 0.5) is 0 Å². The summed E-state index contributed by atoms with van der Waals surface area (Å²) in [7, 11) is -3.31. The summed E-state index contributed by atoms with van der Waals surface area (Å²) in [5, 5.41) is 3.39. The number of hydrogen-bond acceptors (Lipinski definition) is 3. The molecule has 0 saturated carbocycles. The first-order valence-corrected chi connectivity index (χ1v) is 7.98. The van der Waals surface area contributed by atoms with Crippen LogP contribution in [0.1, 0.15) is 40.0 Å². The highest BCUT2D eigenvalue weighted by Gasteiger charge is 2.33. The fourth-order valence-electron chi connectivity index (χ4n) is 2.07. The molecule has 2 unspecified atom stereocenters. The quantitative estimate of drug-likeness (QED) is 0.741. The van der Waals surface area contributed by atoms with Gasteiger partial charge < -0.3 is 5.32 Å². The van der Waals surface area contributed by atoms with Gasteiger partial charge in [0.2, 0.25) is 0 Å². The van der Waals surface area contributed by atoms with Crippen LogP contribution in [0.3, 0.4) is 0 Å². The average molecular weight is 263 g/mol. The summed E-state index contributed by atoms with van der Waals surface area (Å²) in [5.41, 5.74) is 0. The van der Waals surface area contributed by atoms with E-state index < -0.39 is 10.2 Å². The lowest BCUT2D eigenvalue weighted by molar-refractivity contribution is 0.213. The van der Waals surface area contributed by atoms with Gasteiger partial charge >= 0.3 is 0 Å². The molecule has 0 aromatic rings. The molecule has 5 nitrogen and oxygen atoms in total. The van der Waals surface area contributed by atoms with Gasteiger partial charge in [0.05, 0.1) is 0 Å². The van der Waals surface area contributed by atoms with Crippen LogP contribution in [0.25, 0.3) is 0 Å². The molecule has 0 aromatic carbocycles. The van der Waals surface area contributed by atoms with Crippen molar-refractivity contribution in [1.29, 1.82) is 0 Å². The highest BCUT2D eigenvalue weighted by molar-refractivity contribution is 7.87. The number of nitrogens with one attached hydrogen (secondary N) is 2. The van der Waals surface area contributed by atoms with Gasteiger partial charge in [-0.15, -0.1) is 0 Å². The maximum absolute atomic E-state index is 12.2. The summed E-state index contributed by atoms with van der Waals surface area (Å²) in [5.74, 6) is 0. The predicted octanol–water partition coefficient (Wildman–Crippen LogP) is 0.693. The summed E-state index contributed by atoms with van der Waals surface area (Å²) < 4.78 is 28.6. The number of hydrogen-bond donors (Lipinski definition) is 2. The van der Waals surface area contributed by atoms with E-state index in [1.165, 1.54) is 0 Å². The van der Waals surface area contributed by atoms with Crippen molar-refractivity contribution in [2.24, 2.45) is 0 Å². The monoisotopic (exact) mass is 263 g/mol. The van der Waals surface area contributed by atoms with E-state index in [9.17, 15) is 8.42 Å². The molecule has 6 heteroatoms. The molecule has 1 saturated heterocycles. The molecular weight excluding hydrogens is 238 g/mol. The summed E-state index contributed by atoms with van der Waals surface area (Å²) in [6, 6.07) is 0.350. The Morgan fingerprint density at radius 1 is 1.29 bits per heavy atom. The molecule has 17 heavy (non-hydrogen) atoms. The molecule has 2 atom stereocenters. The van der Waals surface area contributed by atoms with Gasteiger partial charge in [0.1, 0.15) is 0 Å². The Hall–Kier alpha value is -0.170. The molecule has 2 N–H and O–H groups in total. The number of rotatable bonds is 6. The molecule has 102 valence electrons. The average Bonchev–Trinajstić information content (AvgIpc) is 2.35. The molecule has 1 aliphatic rings. The van der Waals surface area contributed by atoms with Crippen LogP contribution >= 0.6 is 0 Å². The Bertz CT molecular complexity index is 319. The largest absolute Gasteiger partial charge is 0.311 e. The molecule has 0 aliphatic carbocycles. The third kappa shape index (κ3) is 3.91. The second-order valence-corrected chi connectivity index (χ2v) is 6.25. The van der Waals surface area contributed by atoms with E-state index >= 15 is 0 Å². The van der Waals surface area contributed by atoms with Crippen molar-refractivity contribution in [1.82, 2.24) is 14.3 Å². The number of piperazine rings is 1. The molecule has 1 rings (SSSR count). The third-order valence-corrected chi connectivity index (χ3v) is 4.89. The first-order valence-electron chi connectivity index (χ1n) is 6.54. The maximum atomic E-state index is 12.2. The van der Waals surface area contributed by atoms with Crippen LogP contribution < -0.4 is 10.0 Å². The van der Waals surface area contributed by atoms with E-state index in [-0.39, 0.29) is 12.1 Å². The highest BCUT2D eigenvalue weighted by atomic mass is 32.2. The Labute approximate surface area is 105 Å². The van der Waals surface area contributed by atoms with E-state index in [1.54, 1.807) is 4.31 Å². The SMILES string of the molecule is CCCNS(=O)(=O)N1CC(CC)NCC1CC. The second kappa shape index (κ2) is 6.68. The number of nitrogens with zero attached hydrogens (tertiary/aromatic N) is 1. The van der Waals surface area contributed by atoms with Crippen molar-refractivity contribution in [2.75, 3.05) is 19.6 Å². The molecule has 1 heterocycles. The fourth-order valence-corrected chi connectivity index (χ4v) is 3.69. The van der Waals surface area contributed by atoms with Gasteiger partial charge in [0.25, 0.3) is 10.2 Å². The van der Waals surface area contributed by atoms with Crippen molar-refractivity contribution in [3.63, 3.8) is 0 Å². The normalized spacial score (nSPS) is 27.2. The van der Waals surface area contributed by atoms with E-state index in [0.717, 1.165) is 25.8 Å². The zero-order valence-corrected chi connectivity index (χ0v) is 11.9. The smallest absolute Gasteiger partial charge is 0.279 e. The van der Waals surface area contributed by atoms with Crippen molar-refractivity contribution in [2.45, 2.75) is 52.1 Å². The Morgan fingerprint density at radius 2 is 2.00 bits per heavy atom. The van der Waals surface area contributed by atoms with Crippen LogP contribution in [-0.2, 0) is 10.2 Å². The first-order chi connectivity index (χ1) is 8.05. The van der Waals surface area contributed by atoms with E-state index in [0.29, 0.717) is 13.1 Å². The Morgan fingerprint density at radius 3 is 2.53 bits per heavy atom. The molecule has 0 spiro atoms. The van der Waals surface area contributed by atoms with Crippen LogP contribution in [0.2, 0.25) is 0 Å². The first kappa shape index (κ1) is 14.9. The lowest BCUT2D eigenvalue weighted by Gasteiger charge is -2.38. The van der Waals surface area contributed by atoms with Crippen molar-refractivity contribution >= 4 is 10.2 Å². The van der Waals surface area contributed by atoms with Gasteiger partial charge in [-0.25, -0.2) is 4.72 Å². The molecule has 0 radical (unpaired) electrons. The van der Waals surface area contributed by atoms with Crippen LogP contribution in [0.15, 0.2) is 0 Å². The van der Waals surface area contributed by atoms with E-state index in [2.05, 4.69) is 17.0 Å². The molecule has 0 amide bonds.